The summed E-state index contributed by atoms with van der Waals surface area (Å²) in [7, 11) is 0. The number of hydrogen-bond donors (Lipinski definition) is 0. The minimum atomic E-state index is -4.58. The van der Waals surface area contributed by atoms with Crippen molar-refractivity contribution in [2.24, 2.45) is 0 Å². The summed E-state index contributed by atoms with van der Waals surface area (Å²) in [6.07, 6.45) is -3.76. The lowest BCUT2D eigenvalue weighted by Gasteiger charge is -2.21. The van der Waals surface area contributed by atoms with Gasteiger partial charge in [0.2, 0.25) is 5.82 Å². The second-order valence-electron chi connectivity index (χ2n) is 3.45. The van der Waals surface area contributed by atoms with Gasteiger partial charge in [0.25, 0.3) is 0 Å². The summed E-state index contributed by atoms with van der Waals surface area (Å²) >= 11 is 5.58. The third-order valence-corrected chi connectivity index (χ3v) is 2.33. The average molecular weight is 268 g/mol. The van der Waals surface area contributed by atoms with E-state index in [1.165, 1.54) is 6.07 Å². The van der Waals surface area contributed by atoms with Gasteiger partial charge in [-0.1, -0.05) is 18.5 Å². The molecule has 0 unspecified atom stereocenters. The first-order valence-electron chi connectivity index (χ1n) is 5.25. The summed E-state index contributed by atoms with van der Waals surface area (Å²) in [6, 6.07) is 1.34. The van der Waals surface area contributed by atoms with Gasteiger partial charge in [-0.25, -0.2) is 9.97 Å². The number of hydrogen-bond acceptors (Lipinski definition) is 3. The maximum absolute atomic E-state index is 12.5. The quantitative estimate of drug-likeness (QED) is 0.783. The van der Waals surface area contributed by atoms with E-state index in [4.69, 9.17) is 11.6 Å². The molecule has 1 rings (SSSR count). The van der Waals surface area contributed by atoms with Crippen LogP contribution in [0.25, 0.3) is 0 Å². The molecule has 0 aliphatic carbocycles. The fourth-order valence-corrected chi connectivity index (χ4v) is 1.58. The van der Waals surface area contributed by atoms with Gasteiger partial charge >= 0.3 is 6.18 Å². The van der Waals surface area contributed by atoms with Crippen LogP contribution in [-0.2, 0) is 6.18 Å². The molecule has 7 heteroatoms. The Morgan fingerprint density at radius 1 is 1.29 bits per heavy atom. The van der Waals surface area contributed by atoms with Crippen molar-refractivity contribution in [3.8, 4) is 0 Å². The summed E-state index contributed by atoms with van der Waals surface area (Å²) in [4.78, 5) is 8.41. The Labute approximate surface area is 103 Å². The molecule has 1 aromatic heterocycles. The van der Waals surface area contributed by atoms with E-state index in [1.54, 1.807) is 4.90 Å². The maximum atomic E-state index is 12.5. The number of aromatic nitrogens is 2. The molecule has 0 atom stereocenters. The Morgan fingerprint density at radius 3 is 2.41 bits per heavy atom. The Morgan fingerprint density at radius 2 is 1.94 bits per heavy atom. The zero-order valence-corrected chi connectivity index (χ0v) is 10.3. The van der Waals surface area contributed by atoms with Crippen molar-refractivity contribution in [3.05, 3.63) is 17.0 Å². The van der Waals surface area contributed by atoms with E-state index in [0.717, 1.165) is 6.42 Å². The highest BCUT2D eigenvalue weighted by molar-refractivity contribution is 6.29. The van der Waals surface area contributed by atoms with Crippen molar-refractivity contribution >= 4 is 17.4 Å². The van der Waals surface area contributed by atoms with Gasteiger partial charge in [-0.2, -0.15) is 13.2 Å². The highest BCUT2D eigenvalue weighted by Crippen LogP contribution is 2.29. The number of rotatable bonds is 4. The Hall–Kier alpha value is -1.04. The smallest absolute Gasteiger partial charge is 0.357 e. The third kappa shape index (κ3) is 3.73. The summed E-state index contributed by atoms with van der Waals surface area (Å²) in [6.45, 7) is 4.98. The van der Waals surface area contributed by atoms with Gasteiger partial charge in [-0.05, 0) is 13.3 Å². The second kappa shape index (κ2) is 5.53. The van der Waals surface area contributed by atoms with E-state index in [-0.39, 0.29) is 11.0 Å². The van der Waals surface area contributed by atoms with E-state index >= 15 is 0 Å². The summed E-state index contributed by atoms with van der Waals surface area (Å²) in [5.41, 5.74) is 0. The van der Waals surface area contributed by atoms with Gasteiger partial charge in [0.1, 0.15) is 11.0 Å². The van der Waals surface area contributed by atoms with Crippen LogP contribution < -0.4 is 4.90 Å². The van der Waals surface area contributed by atoms with E-state index in [9.17, 15) is 13.2 Å². The zero-order valence-electron chi connectivity index (χ0n) is 9.55. The predicted molar refractivity (Wildman–Crippen MR) is 60.2 cm³/mol. The van der Waals surface area contributed by atoms with Crippen molar-refractivity contribution < 1.29 is 13.2 Å². The van der Waals surface area contributed by atoms with Crippen molar-refractivity contribution in [1.82, 2.24) is 9.97 Å². The monoisotopic (exact) mass is 267 g/mol. The van der Waals surface area contributed by atoms with Gasteiger partial charge < -0.3 is 4.90 Å². The predicted octanol–water partition coefficient (Wildman–Crippen LogP) is 3.39. The molecule has 17 heavy (non-hydrogen) atoms. The molecule has 0 saturated carbocycles. The SMILES string of the molecule is CCCN(CC)c1cc(Cl)nc(C(F)(F)F)n1. The van der Waals surface area contributed by atoms with Crippen LogP contribution in [0.3, 0.4) is 0 Å². The largest absolute Gasteiger partial charge is 0.451 e. The summed E-state index contributed by atoms with van der Waals surface area (Å²) < 4.78 is 37.5. The molecule has 0 amide bonds. The van der Waals surface area contributed by atoms with Crippen molar-refractivity contribution in [3.63, 3.8) is 0 Å². The lowest BCUT2D eigenvalue weighted by atomic mass is 10.4. The summed E-state index contributed by atoms with van der Waals surface area (Å²) in [5.74, 6) is -0.990. The Kier molecular flexibility index (Phi) is 4.56. The molecule has 0 saturated heterocycles. The second-order valence-corrected chi connectivity index (χ2v) is 3.84. The summed E-state index contributed by atoms with van der Waals surface area (Å²) in [5, 5.41) is -0.197. The van der Waals surface area contributed by atoms with Crippen molar-refractivity contribution in [2.45, 2.75) is 26.4 Å². The van der Waals surface area contributed by atoms with Gasteiger partial charge in [0, 0.05) is 19.2 Å². The zero-order chi connectivity index (χ0) is 13.1. The minimum absolute atomic E-state index is 0.197. The molecule has 0 bridgehead atoms. The van der Waals surface area contributed by atoms with Gasteiger partial charge in [0.05, 0.1) is 0 Å². The Bertz CT molecular complexity index is 382. The highest BCUT2D eigenvalue weighted by atomic mass is 35.5. The molecule has 0 spiro atoms. The van der Waals surface area contributed by atoms with Crippen LogP contribution >= 0.6 is 11.6 Å². The molecular weight excluding hydrogens is 255 g/mol. The molecule has 0 N–H and O–H groups in total. The lowest BCUT2D eigenvalue weighted by Crippen LogP contribution is -2.26. The molecule has 0 radical (unpaired) electrons. The van der Waals surface area contributed by atoms with Gasteiger partial charge in [0.15, 0.2) is 0 Å². The molecule has 1 aromatic rings. The molecular formula is C10H13ClF3N3. The van der Waals surface area contributed by atoms with Crippen LogP contribution in [0.4, 0.5) is 19.0 Å². The molecule has 0 aromatic carbocycles. The van der Waals surface area contributed by atoms with Crippen molar-refractivity contribution in [2.75, 3.05) is 18.0 Å². The molecule has 3 nitrogen and oxygen atoms in total. The molecule has 1 heterocycles. The van der Waals surface area contributed by atoms with Crippen molar-refractivity contribution in [1.29, 1.82) is 0 Å². The average Bonchev–Trinajstić information content (AvgIpc) is 2.23. The van der Waals surface area contributed by atoms with E-state index < -0.39 is 12.0 Å². The van der Waals surface area contributed by atoms with E-state index in [1.807, 2.05) is 13.8 Å². The van der Waals surface area contributed by atoms with Crippen LogP contribution in [-0.4, -0.2) is 23.1 Å². The third-order valence-electron chi connectivity index (χ3n) is 2.13. The van der Waals surface area contributed by atoms with Crippen LogP contribution in [0.1, 0.15) is 26.1 Å². The first-order valence-corrected chi connectivity index (χ1v) is 5.63. The number of alkyl halides is 3. The first kappa shape index (κ1) is 14.0. The topological polar surface area (TPSA) is 29.0 Å². The van der Waals surface area contributed by atoms with E-state index in [2.05, 4.69) is 9.97 Å². The fourth-order valence-electron chi connectivity index (χ4n) is 1.40. The number of nitrogens with zero attached hydrogens (tertiary/aromatic N) is 3. The maximum Gasteiger partial charge on any atom is 0.451 e. The van der Waals surface area contributed by atoms with E-state index in [0.29, 0.717) is 13.1 Å². The first-order chi connectivity index (χ1) is 7.88. The van der Waals surface area contributed by atoms with Crippen LogP contribution in [0.5, 0.6) is 0 Å². The number of halogens is 4. The van der Waals surface area contributed by atoms with Crippen LogP contribution in [0.15, 0.2) is 6.07 Å². The van der Waals surface area contributed by atoms with Gasteiger partial charge in [-0.3, -0.25) is 0 Å². The highest BCUT2D eigenvalue weighted by Gasteiger charge is 2.35. The molecule has 0 aliphatic rings. The normalized spacial score (nSPS) is 11.6. The Balaban J connectivity index is 3.12. The molecule has 0 aliphatic heterocycles. The molecule has 0 fully saturated rings. The minimum Gasteiger partial charge on any atom is -0.357 e. The number of anilines is 1. The van der Waals surface area contributed by atoms with Gasteiger partial charge in [-0.15, -0.1) is 0 Å². The molecule has 96 valence electrons. The van der Waals surface area contributed by atoms with Crippen LogP contribution in [0.2, 0.25) is 5.15 Å². The van der Waals surface area contributed by atoms with Crippen LogP contribution in [0, 0.1) is 0 Å². The standard InChI is InChI=1S/C10H13ClF3N3/c1-3-5-17(4-2)8-6-7(11)15-9(16-8)10(12,13)14/h6H,3-5H2,1-2H3. The lowest BCUT2D eigenvalue weighted by molar-refractivity contribution is -0.144. The fraction of sp³-hybridized carbons (Fsp3) is 0.600.